The average molecular weight is 363 g/mol. The van der Waals surface area contributed by atoms with Crippen molar-refractivity contribution in [3.63, 3.8) is 0 Å². The van der Waals surface area contributed by atoms with E-state index in [9.17, 15) is 29.3 Å². The van der Waals surface area contributed by atoms with E-state index in [4.69, 9.17) is 0 Å². The number of anilines is 1. The molecule has 2 atom stereocenters. The SMILES string of the molecule is O=C(O)c1cn(C2CC2)c2nc(N3C[C@H](O)C[C@H]3CO)c(F)cc2c1=O. The van der Waals surface area contributed by atoms with Crippen LogP contribution in [0.5, 0.6) is 0 Å². The van der Waals surface area contributed by atoms with Crippen molar-refractivity contribution in [2.24, 2.45) is 0 Å². The monoisotopic (exact) mass is 363 g/mol. The molecule has 0 bridgehead atoms. The van der Waals surface area contributed by atoms with Crippen LogP contribution in [0.1, 0.15) is 35.7 Å². The van der Waals surface area contributed by atoms with Crippen LogP contribution in [0.15, 0.2) is 17.1 Å². The van der Waals surface area contributed by atoms with E-state index in [-0.39, 0.29) is 36.0 Å². The lowest BCUT2D eigenvalue weighted by Gasteiger charge is -2.25. The molecule has 1 aliphatic heterocycles. The van der Waals surface area contributed by atoms with Gasteiger partial charge in [0, 0.05) is 18.8 Å². The van der Waals surface area contributed by atoms with Crippen molar-refractivity contribution in [1.29, 1.82) is 0 Å². The number of β-amino-alcohol motifs (C(OH)–C–C–N with tert-alkyl or cyclic N) is 1. The Morgan fingerprint density at radius 1 is 1.38 bits per heavy atom. The van der Waals surface area contributed by atoms with Crippen molar-refractivity contribution in [2.45, 2.75) is 37.5 Å². The fraction of sp³-hybridized carbons (Fsp3) is 0.471. The molecule has 2 aromatic rings. The molecule has 0 spiro atoms. The minimum absolute atomic E-state index is 0.0276. The molecule has 1 aliphatic carbocycles. The summed E-state index contributed by atoms with van der Waals surface area (Å²) in [6.07, 6.45) is 2.51. The Morgan fingerprint density at radius 3 is 2.73 bits per heavy atom. The zero-order valence-electron chi connectivity index (χ0n) is 13.8. The number of carboxylic acid groups (broad SMARTS) is 1. The minimum atomic E-state index is -1.36. The maximum absolute atomic E-state index is 14.7. The second-order valence-corrected chi connectivity index (χ2v) is 6.86. The van der Waals surface area contributed by atoms with E-state index in [1.807, 2.05) is 0 Å². The number of aliphatic hydroxyl groups excluding tert-OH is 2. The number of hydrogen-bond donors (Lipinski definition) is 3. The number of pyridine rings is 2. The summed E-state index contributed by atoms with van der Waals surface area (Å²) in [6.45, 7) is -0.134. The molecule has 3 N–H and O–H groups in total. The van der Waals surface area contributed by atoms with Gasteiger partial charge in [-0.15, -0.1) is 0 Å². The summed E-state index contributed by atoms with van der Waals surface area (Å²) in [6, 6.07) is 0.563. The topological polar surface area (TPSA) is 116 Å². The van der Waals surface area contributed by atoms with Gasteiger partial charge in [-0.3, -0.25) is 4.79 Å². The number of halogens is 1. The van der Waals surface area contributed by atoms with E-state index in [2.05, 4.69) is 4.98 Å². The Morgan fingerprint density at radius 2 is 2.12 bits per heavy atom. The Labute approximate surface area is 147 Å². The third-order valence-corrected chi connectivity index (χ3v) is 4.99. The first-order valence-corrected chi connectivity index (χ1v) is 8.45. The van der Waals surface area contributed by atoms with Gasteiger partial charge in [-0.2, -0.15) is 0 Å². The van der Waals surface area contributed by atoms with Crippen LogP contribution in [-0.2, 0) is 0 Å². The van der Waals surface area contributed by atoms with E-state index in [0.717, 1.165) is 18.9 Å². The van der Waals surface area contributed by atoms with Crippen LogP contribution in [0.25, 0.3) is 11.0 Å². The Hall–Kier alpha value is -2.52. The second-order valence-electron chi connectivity index (χ2n) is 6.86. The predicted molar refractivity (Wildman–Crippen MR) is 90.0 cm³/mol. The summed E-state index contributed by atoms with van der Waals surface area (Å²) < 4.78 is 16.3. The standard InChI is InChI=1S/C17H18FN3O5/c18-13-4-11-14(24)12(17(25)26)6-21(8-1-2-8)15(11)19-16(13)20-5-10(23)3-9(20)7-22/h4,6,8-10,22-23H,1-3,5,7H2,(H,25,26)/t9-,10+/m0/s1. The summed E-state index contributed by atoms with van der Waals surface area (Å²) in [5, 5.41) is 28.5. The van der Waals surface area contributed by atoms with Gasteiger partial charge in [0.15, 0.2) is 11.6 Å². The summed E-state index contributed by atoms with van der Waals surface area (Å²) in [4.78, 5) is 29.6. The lowest BCUT2D eigenvalue weighted by molar-refractivity contribution is 0.0694. The van der Waals surface area contributed by atoms with Crippen LogP contribution in [0.2, 0.25) is 0 Å². The van der Waals surface area contributed by atoms with Crippen LogP contribution in [-0.4, -0.2) is 56.1 Å². The summed E-state index contributed by atoms with van der Waals surface area (Å²) in [5.41, 5.74) is -0.970. The minimum Gasteiger partial charge on any atom is -0.477 e. The van der Waals surface area contributed by atoms with Gasteiger partial charge in [-0.25, -0.2) is 14.2 Å². The lowest BCUT2D eigenvalue weighted by atomic mass is 10.1. The molecule has 26 heavy (non-hydrogen) atoms. The van der Waals surface area contributed by atoms with Crippen molar-refractivity contribution < 1.29 is 24.5 Å². The van der Waals surface area contributed by atoms with Crippen molar-refractivity contribution >= 4 is 22.8 Å². The van der Waals surface area contributed by atoms with E-state index in [1.54, 1.807) is 4.57 Å². The zero-order chi connectivity index (χ0) is 18.6. The molecule has 8 nitrogen and oxygen atoms in total. The van der Waals surface area contributed by atoms with Gasteiger partial charge < -0.3 is 24.8 Å². The van der Waals surface area contributed by atoms with E-state index >= 15 is 0 Å². The normalized spacial score (nSPS) is 23.0. The molecule has 2 fully saturated rings. The van der Waals surface area contributed by atoms with E-state index in [0.29, 0.717) is 6.42 Å². The van der Waals surface area contributed by atoms with Crippen molar-refractivity contribution in [3.8, 4) is 0 Å². The molecule has 0 amide bonds. The first kappa shape index (κ1) is 16.9. The number of aromatic carboxylic acids is 1. The number of aromatic nitrogens is 2. The van der Waals surface area contributed by atoms with Crippen molar-refractivity contribution in [1.82, 2.24) is 9.55 Å². The fourth-order valence-corrected chi connectivity index (χ4v) is 3.55. The Balaban J connectivity index is 1.94. The van der Waals surface area contributed by atoms with Gasteiger partial charge >= 0.3 is 5.97 Å². The molecule has 2 aliphatic rings. The van der Waals surface area contributed by atoms with Crippen LogP contribution < -0.4 is 10.3 Å². The molecule has 1 saturated heterocycles. The maximum atomic E-state index is 14.7. The third-order valence-electron chi connectivity index (χ3n) is 4.99. The van der Waals surface area contributed by atoms with Gasteiger partial charge in [0.05, 0.1) is 24.1 Å². The molecule has 0 radical (unpaired) electrons. The van der Waals surface area contributed by atoms with Crippen molar-refractivity contribution in [2.75, 3.05) is 18.1 Å². The largest absolute Gasteiger partial charge is 0.477 e. The van der Waals surface area contributed by atoms with Gasteiger partial charge in [0.25, 0.3) is 0 Å². The number of carboxylic acids is 1. The molecule has 9 heteroatoms. The molecular formula is C17H18FN3O5. The van der Waals surface area contributed by atoms with Gasteiger partial charge in [-0.05, 0) is 25.3 Å². The highest BCUT2D eigenvalue weighted by molar-refractivity contribution is 5.92. The first-order valence-electron chi connectivity index (χ1n) is 8.45. The zero-order valence-corrected chi connectivity index (χ0v) is 13.8. The van der Waals surface area contributed by atoms with Gasteiger partial charge in [0.2, 0.25) is 5.43 Å². The molecule has 0 aromatic carbocycles. The number of fused-ring (bicyclic) bond motifs is 1. The van der Waals surface area contributed by atoms with Gasteiger partial charge in [-0.1, -0.05) is 0 Å². The highest BCUT2D eigenvalue weighted by Crippen LogP contribution is 2.37. The van der Waals surface area contributed by atoms with E-state index < -0.39 is 34.9 Å². The molecule has 1 saturated carbocycles. The predicted octanol–water partition coefficient (Wildman–Crippen LogP) is 0.501. The van der Waals surface area contributed by atoms with Gasteiger partial charge in [0.1, 0.15) is 11.2 Å². The summed E-state index contributed by atoms with van der Waals surface area (Å²) in [7, 11) is 0. The molecule has 2 aromatic heterocycles. The quantitative estimate of drug-likeness (QED) is 0.724. The van der Waals surface area contributed by atoms with Crippen LogP contribution >= 0.6 is 0 Å². The number of rotatable bonds is 4. The molecule has 0 unspecified atom stereocenters. The number of aliphatic hydroxyl groups is 2. The molecular weight excluding hydrogens is 345 g/mol. The van der Waals surface area contributed by atoms with Crippen LogP contribution in [0, 0.1) is 5.82 Å². The highest BCUT2D eigenvalue weighted by Gasteiger charge is 2.34. The molecule has 4 rings (SSSR count). The number of hydrogen-bond acceptors (Lipinski definition) is 6. The summed E-state index contributed by atoms with van der Waals surface area (Å²) in [5.74, 6) is -2.20. The van der Waals surface area contributed by atoms with Crippen LogP contribution in [0.4, 0.5) is 10.2 Å². The average Bonchev–Trinajstić information content (AvgIpc) is 3.37. The lowest BCUT2D eigenvalue weighted by Crippen LogP contribution is -2.34. The highest BCUT2D eigenvalue weighted by atomic mass is 19.1. The fourth-order valence-electron chi connectivity index (χ4n) is 3.55. The Bertz CT molecular complexity index is 956. The molecule has 3 heterocycles. The summed E-state index contributed by atoms with van der Waals surface area (Å²) >= 11 is 0. The molecule has 138 valence electrons. The van der Waals surface area contributed by atoms with Crippen LogP contribution in [0.3, 0.4) is 0 Å². The number of nitrogens with zero attached hydrogens (tertiary/aromatic N) is 3. The number of carbonyl (C=O) groups is 1. The smallest absolute Gasteiger partial charge is 0.341 e. The van der Waals surface area contributed by atoms with E-state index in [1.165, 1.54) is 11.1 Å². The first-order chi connectivity index (χ1) is 12.4. The second kappa shape index (κ2) is 6.03. The Kier molecular flexibility index (Phi) is 3.92. The van der Waals surface area contributed by atoms with Crippen molar-refractivity contribution in [3.05, 3.63) is 33.9 Å². The maximum Gasteiger partial charge on any atom is 0.341 e. The third kappa shape index (κ3) is 2.63.